The third-order valence-corrected chi connectivity index (χ3v) is 3.66. The molecular formula is C13H26N2O. The molecule has 94 valence electrons. The van der Waals surface area contributed by atoms with Crippen molar-refractivity contribution >= 4 is 5.91 Å². The molecule has 0 saturated heterocycles. The van der Waals surface area contributed by atoms with Crippen LogP contribution in [0.5, 0.6) is 0 Å². The number of carbonyl (C=O) groups excluding carboxylic acids is 1. The van der Waals surface area contributed by atoms with Gasteiger partial charge >= 0.3 is 0 Å². The first kappa shape index (κ1) is 13.5. The molecule has 3 heteroatoms. The minimum atomic E-state index is 0.182. The largest absolute Gasteiger partial charge is 0.345 e. The van der Waals surface area contributed by atoms with E-state index in [0.29, 0.717) is 5.91 Å². The summed E-state index contributed by atoms with van der Waals surface area (Å²) in [5.41, 5.74) is 5.70. The topological polar surface area (TPSA) is 46.3 Å². The second-order valence-electron chi connectivity index (χ2n) is 5.48. The summed E-state index contributed by atoms with van der Waals surface area (Å²) in [6.07, 6.45) is 5.45. The number of carbonyl (C=O) groups is 1. The molecule has 1 fully saturated rings. The lowest BCUT2D eigenvalue weighted by molar-refractivity contribution is -0.135. The Morgan fingerprint density at radius 1 is 1.38 bits per heavy atom. The maximum absolute atomic E-state index is 12.1. The zero-order valence-electron chi connectivity index (χ0n) is 10.9. The van der Waals surface area contributed by atoms with Gasteiger partial charge in [-0.1, -0.05) is 6.92 Å². The minimum Gasteiger partial charge on any atom is -0.345 e. The van der Waals surface area contributed by atoms with Crippen LogP contribution in [0.15, 0.2) is 0 Å². The molecule has 0 aromatic rings. The fraction of sp³-hybridized carbons (Fsp3) is 0.923. The molecule has 1 saturated carbocycles. The lowest BCUT2D eigenvalue weighted by atomic mass is 9.82. The summed E-state index contributed by atoms with van der Waals surface area (Å²) >= 11 is 0. The lowest BCUT2D eigenvalue weighted by Crippen LogP contribution is -2.37. The van der Waals surface area contributed by atoms with E-state index in [1.807, 2.05) is 18.9 Å². The van der Waals surface area contributed by atoms with Crippen LogP contribution in [0.2, 0.25) is 0 Å². The minimum absolute atomic E-state index is 0.182. The molecule has 1 aliphatic rings. The second-order valence-corrected chi connectivity index (χ2v) is 5.48. The number of amides is 1. The van der Waals surface area contributed by atoms with Crippen LogP contribution in [0.3, 0.4) is 0 Å². The number of hydrogen-bond acceptors (Lipinski definition) is 2. The van der Waals surface area contributed by atoms with Crippen molar-refractivity contribution in [2.24, 2.45) is 17.6 Å². The first-order chi connectivity index (χ1) is 7.50. The molecule has 0 spiro atoms. The number of rotatable bonds is 4. The van der Waals surface area contributed by atoms with E-state index in [2.05, 4.69) is 6.92 Å². The van der Waals surface area contributed by atoms with Gasteiger partial charge in [-0.15, -0.1) is 0 Å². The fourth-order valence-corrected chi connectivity index (χ4v) is 2.33. The Kier molecular flexibility index (Phi) is 5.26. The molecule has 1 amide bonds. The van der Waals surface area contributed by atoms with Gasteiger partial charge in [-0.3, -0.25) is 4.79 Å². The van der Waals surface area contributed by atoms with Crippen LogP contribution >= 0.6 is 0 Å². The van der Waals surface area contributed by atoms with Crippen LogP contribution in [0.4, 0.5) is 0 Å². The van der Waals surface area contributed by atoms with E-state index in [1.165, 1.54) is 12.8 Å². The van der Waals surface area contributed by atoms with E-state index in [4.69, 9.17) is 5.73 Å². The molecule has 3 nitrogen and oxygen atoms in total. The van der Waals surface area contributed by atoms with E-state index in [9.17, 15) is 4.79 Å². The fourth-order valence-electron chi connectivity index (χ4n) is 2.33. The van der Waals surface area contributed by atoms with Crippen molar-refractivity contribution in [2.45, 2.75) is 52.0 Å². The van der Waals surface area contributed by atoms with Crippen LogP contribution in [0, 0.1) is 11.8 Å². The Balaban J connectivity index is 2.32. The van der Waals surface area contributed by atoms with E-state index >= 15 is 0 Å². The number of nitrogens with zero attached hydrogens (tertiary/aromatic N) is 1. The summed E-state index contributed by atoms with van der Waals surface area (Å²) in [6, 6.07) is 0.182. The Morgan fingerprint density at radius 2 is 1.94 bits per heavy atom. The lowest BCUT2D eigenvalue weighted by Gasteiger charge is -2.29. The van der Waals surface area contributed by atoms with Crippen LogP contribution in [-0.4, -0.2) is 30.4 Å². The third-order valence-electron chi connectivity index (χ3n) is 3.66. The zero-order valence-corrected chi connectivity index (χ0v) is 10.9. The first-order valence-corrected chi connectivity index (χ1v) is 6.51. The van der Waals surface area contributed by atoms with Crippen LogP contribution < -0.4 is 5.73 Å². The quantitative estimate of drug-likeness (QED) is 0.797. The van der Waals surface area contributed by atoms with Crippen molar-refractivity contribution in [2.75, 3.05) is 13.6 Å². The average molecular weight is 226 g/mol. The molecule has 1 rings (SSSR count). The maximum Gasteiger partial charge on any atom is 0.225 e. The molecule has 0 heterocycles. The maximum atomic E-state index is 12.1. The highest BCUT2D eigenvalue weighted by Gasteiger charge is 2.26. The van der Waals surface area contributed by atoms with Gasteiger partial charge in [0.2, 0.25) is 5.91 Å². The van der Waals surface area contributed by atoms with Crippen molar-refractivity contribution in [1.29, 1.82) is 0 Å². The van der Waals surface area contributed by atoms with Crippen molar-refractivity contribution in [1.82, 2.24) is 4.90 Å². The molecule has 16 heavy (non-hydrogen) atoms. The van der Waals surface area contributed by atoms with E-state index < -0.39 is 0 Å². The van der Waals surface area contributed by atoms with Crippen molar-refractivity contribution < 1.29 is 4.79 Å². The average Bonchev–Trinajstić information content (AvgIpc) is 2.26. The summed E-state index contributed by atoms with van der Waals surface area (Å²) < 4.78 is 0. The highest BCUT2D eigenvalue weighted by molar-refractivity contribution is 5.78. The van der Waals surface area contributed by atoms with Gasteiger partial charge in [-0.2, -0.15) is 0 Å². The smallest absolute Gasteiger partial charge is 0.225 e. The summed E-state index contributed by atoms with van der Waals surface area (Å²) in [5.74, 6) is 1.40. The highest BCUT2D eigenvalue weighted by atomic mass is 16.2. The van der Waals surface area contributed by atoms with Crippen molar-refractivity contribution in [3.8, 4) is 0 Å². The Hall–Kier alpha value is -0.570. The van der Waals surface area contributed by atoms with Gasteiger partial charge in [0.15, 0.2) is 0 Å². The molecule has 0 aliphatic heterocycles. The van der Waals surface area contributed by atoms with Crippen molar-refractivity contribution in [3.05, 3.63) is 0 Å². The predicted molar refractivity (Wildman–Crippen MR) is 67.0 cm³/mol. The molecule has 0 bridgehead atoms. The van der Waals surface area contributed by atoms with Gasteiger partial charge in [0, 0.05) is 25.6 Å². The molecule has 0 aromatic carbocycles. The molecular weight excluding hydrogens is 200 g/mol. The second kappa shape index (κ2) is 6.24. The molecule has 2 N–H and O–H groups in total. The highest BCUT2D eigenvalue weighted by Crippen LogP contribution is 2.29. The van der Waals surface area contributed by atoms with Crippen LogP contribution in [-0.2, 0) is 4.79 Å². The van der Waals surface area contributed by atoms with Crippen molar-refractivity contribution in [3.63, 3.8) is 0 Å². The third kappa shape index (κ3) is 4.12. The molecule has 1 aliphatic carbocycles. The summed E-state index contributed by atoms with van der Waals surface area (Å²) in [4.78, 5) is 14.0. The van der Waals surface area contributed by atoms with Gasteiger partial charge in [0.05, 0.1) is 0 Å². The van der Waals surface area contributed by atoms with Gasteiger partial charge in [0.1, 0.15) is 0 Å². The SMILES string of the molecule is CC(N)CCN(C)C(=O)C1CCC(C)CC1. The first-order valence-electron chi connectivity index (χ1n) is 6.51. The van der Waals surface area contributed by atoms with Crippen LogP contribution in [0.25, 0.3) is 0 Å². The van der Waals surface area contributed by atoms with Gasteiger partial charge in [0.25, 0.3) is 0 Å². The Morgan fingerprint density at radius 3 is 2.44 bits per heavy atom. The summed E-state index contributed by atoms with van der Waals surface area (Å²) in [7, 11) is 1.91. The monoisotopic (exact) mass is 226 g/mol. The molecule has 0 aromatic heterocycles. The molecule has 0 radical (unpaired) electrons. The number of hydrogen-bond donors (Lipinski definition) is 1. The summed E-state index contributed by atoms with van der Waals surface area (Å²) in [5, 5.41) is 0. The van der Waals surface area contributed by atoms with E-state index in [1.54, 1.807) is 0 Å². The van der Waals surface area contributed by atoms with Gasteiger partial charge in [-0.05, 0) is 44.9 Å². The van der Waals surface area contributed by atoms with E-state index in [0.717, 1.165) is 31.7 Å². The number of nitrogens with two attached hydrogens (primary N) is 1. The molecule has 1 unspecified atom stereocenters. The van der Waals surface area contributed by atoms with Crippen LogP contribution in [0.1, 0.15) is 46.0 Å². The molecule has 1 atom stereocenters. The predicted octanol–water partition coefficient (Wildman–Crippen LogP) is 2.01. The Bertz CT molecular complexity index is 220. The zero-order chi connectivity index (χ0) is 12.1. The van der Waals surface area contributed by atoms with Gasteiger partial charge < -0.3 is 10.6 Å². The Labute approximate surface area is 99.4 Å². The summed E-state index contributed by atoms with van der Waals surface area (Å²) in [6.45, 7) is 5.06. The van der Waals surface area contributed by atoms with E-state index in [-0.39, 0.29) is 12.0 Å². The van der Waals surface area contributed by atoms with Gasteiger partial charge in [-0.25, -0.2) is 0 Å². The normalized spacial score (nSPS) is 27.5. The standard InChI is InChI=1S/C13H26N2O/c1-10-4-6-12(7-5-10)13(16)15(3)9-8-11(2)14/h10-12H,4-9,14H2,1-3H3.